The number of sulfonamides is 1. The molecule has 1 fully saturated rings. The minimum absolute atomic E-state index is 0.0675. The Morgan fingerprint density at radius 1 is 1.37 bits per heavy atom. The van der Waals surface area contributed by atoms with E-state index in [2.05, 4.69) is 9.62 Å². The van der Waals surface area contributed by atoms with Crippen LogP contribution in [-0.2, 0) is 16.6 Å². The Morgan fingerprint density at radius 3 is 2.74 bits per heavy atom. The summed E-state index contributed by atoms with van der Waals surface area (Å²) in [7, 11) is -3.55. The molecule has 0 spiro atoms. The van der Waals surface area contributed by atoms with Gasteiger partial charge >= 0.3 is 0 Å². The van der Waals surface area contributed by atoms with Crippen molar-refractivity contribution in [2.75, 3.05) is 37.7 Å². The lowest BCUT2D eigenvalue weighted by atomic mass is 10.5. The van der Waals surface area contributed by atoms with Gasteiger partial charge in [0.1, 0.15) is 5.76 Å². The molecule has 0 bridgehead atoms. The maximum Gasteiger partial charge on any atom is 0.274 e. The molecule has 0 unspecified atom stereocenters. The largest absolute Gasteiger partial charge is 0.447 e. The summed E-state index contributed by atoms with van der Waals surface area (Å²) in [4.78, 5) is 2.26. The Hall–Kier alpha value is -0.540. The molecule has 2 heterocycles. The van der Waals surface area contributed by atoms with E-state index in [9.17, 15) is 8.42 Å². The second-order valence-corrected chi connectivity index (χ2v) is 7.20. The summed E-state index contributed by atoms with van der Waals surface area (Å²) >= 11 is 1.93. The highest BCUT2D eigenvalue weighted by atomic mass is 32.2. The lowest BCUT2D eigenvalue weighted by Gasteiger charge is -2.25. The maximum absolute atomic E-state index is 11.9. The van der Waals surface area contributed by atoms with Crippen LogP contribution >= 0.6 is 11.8 Å². The van der Waals surface area contributed by atoms with Crippen molar-refractivity contribution in [1.82, 2.24) is 9.62 Å². The quantitative estimate of drug-likeness (QED) is 0.773. The van der Waals surface area contributed by atoms with E-state index in [1.54, 1.807) is 6.07 Å². The zero-order valence-corrected chi connectivity index (χ0v) is 12.3. The van der Waals surface area contributed by atoms with Crippen LogP contribution in [0.15, 0.2) is 21.6 Å². The molecule has 1 saturated heterocycles. The lowest BCUT2D eigenvalue weighted by Crippen LogP contribution is -2.39. The maximum atomic E-state index is 11.9. The van der Waals surface area contributed by atoms with Gasteiger partial charge in [-0.15, -0.1) is 0 Å². The van der Waals surface area contributed by atoms with Gasteiger partial charge in [-0.2, -0.15) is 11.8 Å². The Morgan fingerprint density at radius 2 is 2.11 bits per heavy atom. The van der Waals surface area contributed by atoms with E-state index in [0.717, 1.165) is 31.1 Å². The Balaban J connectivity index is 1.83. The fourth-order valence-electron chi connectivity index (χ4n) is 1.85. The van der Waals surface area contributed by atoms with Crippen molar-refractivity contribution >= 4 is 21.8 Å². The van der Waals surface area contributed by atoms with Crippen molar-refractivity contribution in [2.24, 2.45) is 5.73 Å². The number of thioether (sulfide) groups is 1. The highest BCUT2D eigenvalue weighted by Crippen LogP contribution is 2.13. The van der Waals surface area contributed by atoms with Gasteiger partial charge in [-0.05, 0) is 12.1 Å². The molecule has 0 radical (unpaired) electrons. The summed E-state index contributed by atoms with van der Waals surface area (Å²) in [6, 6.07) is 3.01. The molecule has 108 valence electrons. The fraction of sp³-hybridized carbons (Fsp3) is 0.636. The average molecular weight is 305 g/mol. The van der Waals surface area contributed by atoms with E-state index in [1.807, 2.05) is 11.8 Å². The second-order valence-electron chi connectivity index (χ2n) is 4.28. The van der Waals surface area contributed by atoms with Crippen LogP contribution in [0.25, 0.3) is 0 Å². The highest BCUT2D eigenvalue weighted by molar-refractivity contribution is 7.99. The van der Waals surface area contributed by atoms with Crippen molar-refractivity contribution in [3.63, 3.8) is 0 Å². The smallest absolute Gasteiger partial charge is 0.274 e. The lowest BCUT2D eigenvalue weighted by molar-refractivity contribution is 0.307. The Bertz CT molecular complexity index is 495. The first-order valence-electron chi connectivity index (χ1n) is 6.20. The van der Waals surface area contributed by atoms with Crippen molar-refractivity contribution in [3.8, 4) is 0 Å². The zero-order chi connectivity index (χ0) is 13.7. The van der Waals surface area contributed by atoms with Crippen LogP contribution in [0.3, 0.4) is 0 Å². The average Bonchev–Trinajstić information content (AvgIpc) is 2.89. The summed E-state index contributed by atoms with van der Waals surface area (Å²) in [5, 5.41) is -0.0675. The van der Waals surface area contributed by atoms with Crippen molar-refractivity contribution in [2.45, 2.75) is 11.6 Å². The normalized spacial score (nSPS) is 17.7. The highest BCUT2D eigenvalue weighted by Gasteiger charge is 2.18. The molecule has 1 aromatic heterocycles. The molecule has 6 nitrogen and oxygen atoms in total. The first-order chi connectivity index (χ1) is 9.12. The van der Waals surface area contributed by atoms with Crippen LogP contribution in [0.1, 0.15) is 5.76 Å². The molecule has 1 aliphatic heterocycles. The van der Waals surface area contributed by atoms with Gasteiger partial charge in [0.15, 0.2) is 0 Å². The standard InChI is InChI=1S/C11H19N3O3S2/c12-9-10-1-2-11(17-10)19(15,16)13-3-4-14-5-7-18-8-6-14/h1-2,13H,3-9,12H2. The van der Waals surface area contributed by atoms with Crippen LogP contribution in [0, 0.1) is 0 Å². The predicted octanol–water partition coefficient (Wildman–Crippen LogP) is 0.0654. The molecule has 1 aliphatic rings. The van der Waals surface area contributed by atoms with Crippen LogP contribution in [0.2, 0.25) is 0 Å². The van der Waals surface area contributed by atoms with E-state index in [4.69, 9.17) is 10.2 Å². The van der Waals surface area contributed by atoms with E-state index < -0.39 is 10.0 Å². The fourth-order valence-corrected chi connectivity index (χ4v) is 3.79. The first kappa shape index (κ1) is 14.9. The van der Waals surface area contributed by atoms with Crippen molar-refractivity contribution < 1.29 is 12.8 Å². The summed E-state index contributed by atoms with van der Waals surface area (Å²) in [5.41, 5.74) is 5.39. The minimum Gasteiger partial charge on any atom is -0.447 e. The summed E-state index contributed by atoms with van der Waals surface area (Å²) in [6.45, 7) is 3.35. The number of hydrogen-bond acceptors (Lipinski definition) is 6. The van der Waals surface area contributed by atoms with E-state index >= 15 is 0 Å². The van der Waals surface area contributed by atoms with Gasteiger partial charge in [0.2, 0.25) is 5.09 Å². The third-order valence-electron chi connectivity index (χ3n) is 2.93. The molecule has 19 heavy (non-hydrogen) atoms. The van der Waals surface area contributed by atoms with Crippen molar-refractivity contribution in [3.05, 3.63) is 17.9 Å². The van der Waals surface area contributed by atoms with Crippen LogP contribution < -0.4 is 10.5 Å². The molecule has 0 saturated carbocycles. The monoisotopic (exact) mass is 305 g/mol. The molecular weight excluding hydrogens is 286 g/mol. The summed E-state index contributed by atoms with van der Waals surface area (Å²) in [5.74, 6) is 2.70. The minimum atomic E-state index is -3.55. The number of nitrogens with zero attached hydrogens (tertiary/aromatic N) is 1. The van der Waals surface area contributed by atoms with E-state index in [-0.39, 0.29) is 11.6 Å². The number of rotatable bonds is 6. The molecule has 0 atom stereocenters. The summed E-state index contributed by atoms with van der Waals surface area (Å²) < 4.78 is 31.6. The number of furan rings is 1. The molecule has 3 N–H and O–H groups in total. The molecule has 0 aromatic carbocycles. The molecule has 2 rings (SSSR count). The molecule has 0 aliphatic carbocycles. The van der Waals surface area contributed by atoms with E-state index in [1.165, 1.54) is 6.07 Å². The number of nitrogens with one attached hydrogen (secondary N) is 1. The third-order valence-corrected chi connectivity index (χ3v) is 5.20. The van der Waals surface area contributed by atoms with E-state index in [0.29, 0.717) is 12.3 Å². The van der Waals surface area contributed by atoms with Gasteiger partial charge < -0.3 is 15.1 Å². The van der Waals surface area contributed by atoms with Crippen LogP contribution in [-0.4, -0.2) is 51.0 Å². The topological polar surface area (TPSA) is 88.6 Å². The van der Waals surface area contributed by atoms with Crippen molar-refractivity contribution in [1.29, 1.82) is 0 Å². The van der Waals surface area contributed by atoms with Gasteiger partial charge in [0.05, 0.1) is 6.54 Å². The molecular formula is C11H19N3O3S2. The molecule has 8 heteroatoms. The van der Waals surface area contributed by atoms with Gasteiger partial charge in [-0.25, -0.2) is 13.1 Å². The third kappa shape index (κ3) is 4.22. The molecule has 1 aromatic rings. The van der Waals surface area contributed by atoms with Crippen LogP contribution in [0.5, 0.6) is 0 Å². The Labute approximate surface area is 117 Å². The van der Waals surface area contributed by atoms with Gasteiger partial charge in [-0.3, -0.25) is 0 Å². The molecule has 0 amide bonds. The van der Waals surface area contributed by atoms with Crippen LogP contribution in [0.4, 0.5) is 0 Å². The summed E-state index contributed by atoms with van der Waals surface area (Å²) in [6.07, 6.45) is 0. The van der Waals surface area contributed by atoms with Gasteiger partial charge in [0.25, 0.3) is 10.0 Å². The zero-order valence-electron chi connectivity index (χ0n) is 10.7. The predicted molar refractivity (Wildman–Crippen MR) is 75.6 cm³/mol. The Kier molecular flexibility index (Phi) is 5.28. The van der Waals surface area contributed by atoms with Gasteiger partial charge in [0, 0.05) is 37.7 Å². The number of hydrogen-bond donors (Lipinski definition) is 2. The number of nitrogens with two attached hydrogens (primary N) is 1. The second kappa shape index (κ2) is 6.76. The SMILES string of the molecule is NCc1ccc(S(=O)(=O)NCCN2CCSCC2)o1. The first-order valence-corrected chi connectivity index (χ1v) is 8.84. The van der Waals surface area contributed by atoms with Gasteiger partial charge in [-0.1, -0.05) is 0 Å².